The summed E-state index contributed by atoms with van der Waals surface area (Å²) < 4.78 is 1.02. The molecule has 1 aromatic heterocycles. The highest BCUT2D eigenvalue weighted by atomic mass is 35.5. The van der Waals surface area contributed by atoms with Crippen molar-refractivity contribution in [3.8, 4) is 0 Å². The number of benzene rings is 1. The average Bonchev–Trinajstić information content (AvgIpc) is 2.46. The summed E-state index contributed by atoms with van der Waals surface area (Å²) in [6.07, 6.45) is -0.504. The fourth-order valence-corrected chi connectivity index (χ4v) is 2.28. The molecule has 0 aliphatic rings. The molecule has 1 atom stereocenters. The van der Waals surface area contributed by atoms with E-state index in [-0.39, 0.29) is 0 Å². The lowest BCUT2D eigenvalue weighted by Gasteiger charge is -1.93. The van der Waals surface area contributed by atoms with Gasteiger partial charge in [0.2, 0.25) is 0 Å². The van der Waals surface area contributed by atoms with Crippen LogP contribution in [0.15, 0.2) is 18.2 Å². The summed E-state index contributed by atoms with van der Waals surface area (Å²) in [5.74, 6) is 0. The third kappa shape index (κ3) is 1.68. The van der Waals surface area contributed by atoms with Crippen LogP contribution in [0.3, 0.4) is 0 Å². The Kier molecular flexibility index (Phi) is 2.24. The lowest BCUT2D eigenvalue weighted by Crippen LogP contribution is -1.87. The largest absolute Gasteiger partial charge is 0.386 e. The van der Waals surface area contributed by atoms with Crippen LogP contribution >= 0.6 is 22.9 Å². The molecule has 13 heavy (non-hydrogen) atoms. The molecule has 1 heterocycles. The highest BCUT2D eigenvalue weighted by Crippen LogP contribution is 2.28. The van der Waals surface area contributed by atoms with Crippen molar-refractivity contribution >= 4 is 33.2 Å². The molecule has 0 saturated carbocycles. The number of aliphatic hydroxyl groups excluding tert-OH is 1. The maximum Gasteiger partial charge on any atom is 0.122 e. The number of fused-ring (bicyclic) bond motifs is 1. The minimum absolute atomic E-state index is 0.504. The van der Waals surface area contributed by atoms with Gasteiger partial charge < -0.3 is 5.11 Å². The van der Waals surface area contributed by atoms with Crippen molar-refractivity contribution in [3.63, 3.8) is 0 Å². The highest BCUT2D eigenvalue weighted by Gasteiger charge is 2.08. The van der Waals surface area contributed by atoms with Gasteiger partial charge in [0.05, 0.1) is 10.2 Å². The van der Waals surface area contributed by atoms with Crippen LogP contribution in [0, 0.1) is 0 Å². The number of thiazole rings is 1. The maximum absolute atomic E-state index is 9.31. The lowest BCUT2D eigenvalue weighted by atomic mass is 10.3. The molecule has 2 nitrogen and oxygen atoms in total. The van der Waals surface area contributed by atoms with Crippen LogP contribution in [0.4, 0.5) is 0 Å². The second-order valence-electron chi connectivity index (χ2n) is 2.84. The molecule has 0 bridgehead atoms. The van der Waals surface area contributed by atoms with Crippen LogP contribution in [0.5, 0.6) is 0 Å². The van der Waals surface area contributed by atoms with Crippen molar-refractivity contribution in [2.24, 2.45) is 0 Å². The zero-order valence-electron chi connectivity index (χ0n) is 6.99. The Labute approximate surface area is 84.8 Å². The van der Waals surface area contributed by atoms with E-state index in [1.807, 2.05) is 12.1 Å². The Morgan fingerprint density at radius 3 is 3.00 bits per heavy atom. The Bertz CT molecular complexity index is 438. The van der Waals surface area contributed by atoms with E-state index >= 15 is 0 Å². The van der Waals surface area contributed by atoms with Crippen molar-refractivity contribution in [3.05, 3.63) is 28.2 Å². The lowest BCUT2D eigenvalue weighted by molar-refractivity contribution is 0.199. The number of aliphatic hydroxyl groups is 1. The molecule has 2 aromatic rings. The Hall–Kier alpha value is -0.640. The average molecular weight is 214 g/mol. The first-order chi connectivity index (χ1) is 6.16. The first kappa shape index (κ1) is 8.94. The smallest absolute Gasteiger partial charge is 0.122 e. The molecule has 1 aromatic carbocycles. The number of rotatable bonds is 1. The first-order valence-corrected chi connectivity index (χ1v) is 5.10. The van der Waals surface area contributed by atoms with Crippen molar-refractivity contribution < 1.29 is 5.11 Å². The summed E-state index contributed by atoms with van der Waals surface area (Å²) in [5.41, 5.74) is 0.894. The predicted molar refractivity (Wildman–Crippen MR) is 55.3 cm³/mol. The van der Waals surface area contributed by atoms with Crippen LogP contribution in [0.25, 0.3) is 10.2 Å². The van der Waals surface area contributed by atoms with Crippen LogP contribution < -0.4 is 0 Å². The number of hydrogen-bond donors (Lipinski definition) is 1. The molecule has 0 amide bonds. The summed E-state index contributed by atoms with van der Waals surface area (Å²) in [6, 6.07) is 5.52. The molecule has 0 spiro atoms. The van der Waals surface area contributed by atoms with Crippen LogP contribution in [0.1, 0.15) is 18.0 Å². The summed E-state index contributed by atoms with van der Waals surface area (Å²) in [7, 11) is 0. The van der Waals surface area contributed by atoms with E-state index in [0.29, 0.717) is 5.02 Å². The summed E-state index contributed by atoms with van der Waals surface area (Å²) in [4.78, 5) is 4.26. The summed E-state index contributed by atoms with van der Waals surface area (Å²) in [6.45, 7) is 1.71. The van der Waals surface area contributed by atoms with Gasteiger partial charge in [-0.25, -0.2) is 4.98 Å². The Balaban J connectivity index is 2.62. The molecule has 0 fully saturated rings. The third-order valence-corrected chi connectivity index (χ3v) is 3.15. The predicted octanol–water partition coefficient (Wildman–Crippen LogP) is 3.00. The molecule has 68 valence electrons. The number of nitrogens with zero attached hydrogens (tertiary/aromatic N) is 1. The topological polar surface area (TPSA) is 33.1 Å². The van der Waals surface area contributed by atoms with E-state index in [4.69, 9.17) is 11.6 Å². The summed E-state index contributed by atoms with van der Waals surface area (Å²) in [5, 5.41) is 10.7. The van der Waals surface area contributed by atoms with Crippen LogP contribution in [-0.2, 0) is 0 Å². The van der Waals surface area contributed by atoms with E-state index in [1.165, 1.54) is 11.3 Å². The Morgan fingerprint density at radius 1 is 1.54 bits per heavy atom. The molecule has 1 N–H and O–H groups in total. The SMILES string of the molecule is CC(O)c1nc2ccc(Cl)cc2s1. The molecular formula is C9H8ClNOS. The summed E-state index contributed by atoms with van der Waals surface area (Å²) >= 11 is 7.30. The van der Waals surface area contributed by atoms with Crippen LogP contribution in [0.2, 0.25) is 5.02 Å². The molecule has 4 heteroatoms. The highest BCUT2D eigenvalue weighted by molar-refractivity contribution is 7.18. The van der Waals surface area contributed by atoms with Crippen molar-refractivity contribution in [2.45, 2.75) is 13.0 Å². The van der Waals surface area contributed by atoms with Crippen molar-refractivity contribution in [1.82, 2.24) is 4.98 Å². The monoisotopic (exact) mass is 213 g/mol. The normalized spacial score (nSPS) is 13.5. The second-order valence-corrected chi connectivity index (χ2v) is 4.34. The van der Waals surface area contributed by atoms with Gasteiger partial charge in [0, 0.05) is 5.02 Å². The van der Waals surface area contributed by atoms with Gasteiger partial charge in [0.15, 0.2) is 0 Å². The van der Waals surface area contributed by atoms with E-state index in [1.54, 1.807) is 13.0 Å². The zero-order valence-corrected chi connectivity index (χ0v) is 8.56. The second kappa shape index (κ2) is 3.25. The quantitative estimate of drug-likeness (QED) is 0.790. The molecule has 0 radical (unpaired) electrons. The first-order valence-electron chi connectivity index (χ1n) is 3.91. The fourth-order valence-electron chi connectivity index (χ4n) is 1.09. The van der Waals surface area contributed by atoms with E-state index in [9.17, 15) is 5.11 Å². The minimum Gasteiger partial charge on any atom is -0.386 e. The standard InChI is InChI=1S/C9H8ClNOS/c1-5(12)9-11-7-3-2-6(10)4-8(7)13-9/h2-5,12H,1H3. The molecule has 0 saturated heterocycles. The molecule has 0 aliphatic carbocycles. The Morgan fingerprint density at radius 2 is 2.31 bits per heavy atom. The number of hydrogen-bond acceptors (Lipinski definition) is 3. The van der Waals surface area contributed by atoms with Gasteiger partial charge in [-0.05, 0) is 25.1 Å². The van der Waals surface area contributed by atoms with Gasteiger partial charge in [-0.1, -0.05) is 11.6 Å². The molecule has 0 aliphatic heterocycles. The van der Waals surface area contributed by atoms with Crippen molar-refractivity contribution in [1.29, 1.82) is 0 Å². The van der Waals surface area contributed by atoms with E-state index in [2.05, 4.69) is 4.98 Å². The number of aromatic nitrogens is 1. The van der Waals surface area contributed by atoms with Gasteiger partial charge in [0.1, 0.15) is 11.1 Å². The van der Waals surface area contributed by atoms with Gasteiger partial charge in [-0.2, -0.15) is 0 Å². The van der Waals surface area contributed by atoms with Gasteiger partial charge in [-0.15, -0.1) is 11.3 Å². The molecular weight excluding hydrogens is 206 g/mol. The molecule has 1 unspecified atom stereocenters. The molecule has 2 rings (SSSR count). The van der Waals surface area contributed by atoms with Crippen molar-refractivity contribution in [2.75, 3.05) is 0 Å². The van der Waals surface area contributed by atoms with Gasteiger partial charge in [0.25, 0.3) is 0 Å². The fraction of sp³-hybridized carbons (Fsp3) is 0.222. The van der Waals surface area contributed by atoms with Crippen LogP contribution in [-0.4, -0.2) is 10.1 Å². The zero-order chi connectivity index (χ0) is 9.42. The van der Waals surface area contributed by atoms with E-state index < -0.39 is 6.10 Å². The third-order valence-electron chi connectivity index (χ3n) is 1.72. The maximum atomic E-state index is 9.31. The van der Waals surface area contributed by atoms with Gasteiger partial charge in [-0.3, -0.25) is 0 Å². The van der Waals surface area contributed by atoms with Gasteiger partial charge >= 0.3 is 0 Å². The number of halogens is 1. The minimum atomic E-state index is -0.504. The van der Waals surface area contributed by atoms with E-state index in [0.717, 1.165) is 15.2 Å².